The minimum absolute atomic E-state index is 0.147. The van der Waals surface area contributed by atoms with Crippen molar-refractivity contribution in [1.82, 2.24) is 0 Å². The van der Waals surface area contributed by atoms with Crippen LogP contribution in [0.3, 0.4) is 0 Å². The van der Waals surface area contributed by atoms with Crippen LogP contribution in [-0.4, -0.2) is 163 Å². The third-order valence-corrected chi connectivity index (χ3v) is 6.24. The molecule has 0 amide bonds. The summed E-state index contributed by atoms with van der Waals surface area (Å²) in [7, 11) is 0. The predicted molar refractivity (Wildman–Crippen MR) is 177 cm³/mol. The molecule has 0 spiro atoms. The van der Waals surface area contributed by atoms with Gasteiger partial charge in [0, 0.05) is 11.8 Å². The number of carbonyl (C=O) groups excluding carboxylic acids is 1. The Balaban J connectivity index is 3.08. The summed E-state index contributed by atoms with van der Waals surface area (Å²) >= 11 is 3.30. The standard InChI is InChI=1S/C32H63BrO13/c1-2-3-4-5-6-7-32(34)46-31-30-45-29-28-44-27-26-43-25-24-42-23-22-41-21-20-40-19-18-39-17-16-38-15-14-37-13-12-36-11-10-35-9-8-33/h2-31H2,1H3. The van der Waals surface area contributed by atoms with Crippen LogP contribution in [0.1, 0.15) is 45.4 Å². The van der Waals surface area contributed by atoms with Crippen molar-refractivity contribution >= 4 is 21.9 Å². The molecule has 276 valence electrons. The Morgan fingerprint density at radius 1 is 0.370 bits per heavy atom. The zero-order chi connectivity index (χ0) is 33.3. The average molecular weight is 736 g/mol. The quantitative estimate of drug-likeness (QED) is 0.0517. The highest BCUT2D eigenvalue weighted by Crippen LogP contribution is 2.05. The van der Waals surface area contributed by atoms with Crippen LogP contribution in [0, 0.1) is 0 Å². The second-order valence-electron chi connectivity index (χ2n) is 9.81. The molecule has 13 nitrogen and oxygen atoms in total. The fourth-order valence-electron chi connectivity index (χ4n) is 3.52. The first-order valence-corrected chi connectivity index (χ1v) is 18.0. The van der Waals surface area contributed by atoms with Crippen molar-refractivity contribution in [3.63, 3.8) is 0 Å². The van der Waals surface area contributed by atoms with Gasteiger partial charge in [-0.25, -0.2) is 0 Å². The molecule has 0 atom stereocenters. The number of esters is 1. The van der Waals surface area contributed by atoms with Crippen LogP contribution in [-0.2, 0) is 61.6 Å². The topological polar surface area (TPSA) is 128 Å². The molecule has 0 aromatic heterocycles. The van der Waals surface area contributed by atoms with Crippen LogP contribution >= 0.6 is 15.9 Å². The minimum Gasteiger partial charge on any atom is -0.463 e. The summed E-state index contributed by atoms with van der Waals surface area (Å²) in [6, 6.07) is 0. The van der Waals surface area contributed by atoms with Crippen molar-refractivity contribution in [3.8, 4) is 0 Å². The molecule has 0 fully saturated rings. The zero-order valence-corrected chi connectivity index (χ0v) is 30.0. The Morgan fingerprint density at radius 2 is 0.630 bits per heavy atom. The molecule has 0 aromatic carbocycles. The van der Waals surface area contributed by atoms with Crippen molar-refractivity contribution in [1.29, 1.82) is 0 Å². The first-order valence-electron chi connectivity index (χ1n) is 16.9. The molecule has 46 heavy (non-hydrogen) atoms. The Morgan fingerprint density at radius 3 is 0.913 bits per heavy atom. The minimum atomic E-state index is -0.147. The van der Waals surface area contributed by atoms with Gasteiger partial charge in [0.2, 0.25) is 0 Å². The molecule has 0 rings (SSSR count). The third kappa shape index (κ3) is 41.5. The lowest BCUT2D eigenvalue weighted by molar-refractivity contribution is -0.145. The summed E-state index contributed by atoms with van der Waals surface area (Å²) in [5.41, 5.74) is 0. The fraction of sp³-hybridized carbons (Fsp3) is 0.969. The van der Waals surface area contributed by atoms with E-state index in [0.717, 1.165) is 18.2 Å². The SMILES string of the molecule is CCCCCCCC(=O)OCCOCCOCCOCCOCCOCCOCCOCCOCCOCCOCCOCCBr. The Bertz CT molecular complexity index is 578. The van der Waals surface area contributed by atoms with Crippen LogP contribution in [0.15, 0.2) is 0 Å². The Labute approximate surface area is 285 Å². The highest BCUT2D eigenvalue weighted by atomic mass is 79.9. The van der Waals surface area contributed by atoms with Crippen LogP contribution < -0.4 is 0 Å². The molecule has 0 heterocycles. The molecule has 0 unspecified atom stereocenters. The zero-order valence-electron chi connectivity index (χ0n) is 28.4. The molecule has 0 bridgehead atoms. The molecule has 0 aliphatic rings. The largest absolute Gasteiger partial charge is 0.463 e. The molecule has 0 saturated carbocycles. The van der Waals surface area contributed by atoms with Crippen molar-refractivity contribution in [3.05, 3.63) is 0 Å². The second kappa shape index (κ2) is 42.5. The monoisotopic (exact) mass is 734 g/mol. The van der Waals surface area contributed by atoms with Gasteiger partial charge in [0.1, 0.15) is 6.61 Å². The number of ether oxygens (including phenoxy) is 12. The van der Waals surface area contributed by atoms with Gasteiger partial charge < -0.3 is 56.8 Å². The number of alkyl halides is 1. The first-order chi connectivity index (χ1) is 22.8. The van der Waals surface area contributed by atoms with E-state index in [4.69, 9.17) is 56.8 Å². The highest BCUT2D eigenvalue weighted by molar-refractivity contribution is 9.09. The maximum atomic E-state index is 11.6. The molecule has 0 aliphatic heterocycles. The van der Waals surface area contributed by atoms with Crippen LogP contribution in [0.2, 0.25) is 0 Å². The van der Waals surface area contributed by atoms with Gasteiger partial charge in [0.15, 0.2) is 0 Å². The summed E-state index contributed by atoms with van der Waals surface area (Å²) in [6.45, 7) is 13.8. The van der Waals surface area contributed by atoms with Gasteiger partial charge in [-0.1, -0.05) is 48.5 Å². The number of carbonyl (C=O) groups is 1. The summed E-state index contributed by atoms with van der Waals surface area (Å²) in [6.07, 6.45) is 6.08. The molecule has 0 saturated heterocycles. The number of rotatable bonds is 41. The lowest BCUT2D eigenvalue weighted by Gasteiger charge is -2.09. The van der Waals surface area contributed by atoms with E-state index in [1.807, 2.05) is 0 Å². The van der Waals surface area contributed by atoms with Crippen LogP contribution in [0.25, 0.3) is 0 Å². The van der Waals surface area contributed by atoms with Crippen LogP contribution in [0.5, 0.6) is 0 Å². The molecule has 0 radical (unpaired) electrons. The summed E-state index contributed by atoms with van der Waals surface area (Å²) in [5, 5.41) is 0.836. The van der Waals surface area contributed by atoms with Crippen molar-refractivity contribution < 1.29 is 61.6 Å². The lowest BCUT2D eigenvalue weighted by atomic mass is 10.1. The van der Waals surface area contributed by atoms with Gasteiger partial charge in [0.25, 0.3) is 0 Å². The smallest absolute Gasteiger partial charge is 0.305 e. The molecule has 0 aromatic rings. The molecule has 14 heteroatoms. The van der Waals surface area contributed by atoms with E-state index >= 15 is 0 Å². The van der Waals surface area contributed by atoms with Gasteiger partial charge in [-0.15, -0.1) is 0 Å². The first kappa shape index (κ1) is 45.5. The number of unbranched alkanes of at least 4 members (excludes halogenated alkanes) is 4. The molecule has 0 N–H and O–H groups in total. The summed E-state index contributed by atoms with van der Waals surface area (Å²) < 4.78 is 64.9. The van der Waals surface area contributed by atoms with Crippen LogP contribution in [0.4, 0.5) is 0 Å². The maximum Gasteiger partial charge on any atom is 0.305 e. The number of hydrogen-bond acceptors (Lipinski definition) is 13. The van der Waals surface area contributed by atoms with E-state index < -0.39 is 0 Å². The normalized spacial score (nSPS) is 11.4. The van der Waals surface area contributed by atoms with E-state index in [0.29, 0.717) is 152 Å². The second-order valence-corrected chi connectivity index (χ2v) is 10.6. The van der Waals surface area contributed by atoms with E-state index in [-0.39, 0.29) is 12.6 Å². The number of hydrogen-bond donors (Lipinski definition) is 0. The molecular weight excluding hydrogens is 672 g/mol. The van der Waals surface area contributed by atoms with Gasteiger partial charge in [-0.3, -0.25) is 4.79 Å². The van der Waals surface area contributed by atoms with E-state index in [2.05, 4.69) is 22.9 Å². The van der Waals surface area contributed by atoms with E-state index in [1.165, 1.54) is 19.3 Å². The third-order valence-electron chi connectivity index (χ3n) is 5.92. The van der Waals surface area contributed by atoms with Crippen molar-refractivity contribution in [2.75, 3.05) is 157 Å². The van der Waals surface area contributed by atoms with Gasteiger partial charge in [-0.05, 0) is 6.42 Å². The van der Waals surface area contributed by atoms with E-state index in [1.54, 1.807) is 0 Å². The van der Waals surface area contributed by atoms with Crippen molar-refractivity contribution in [2.45, 2.75) is 45.4 Å². The Hall–Kier alpha value is -0.490. The van der Waals surface area contributed by atoms with Crippen molar-refractivity contribution in [2.24, 2.45) is 0 Å². The molecule has 0 aliphatic carbocycles. The highest BCUT2D eigenvalue weighted by Gasteiger charge is 2.02. The number of halogens is 1. The van der Waals surface area contributed by atoms with Gasteiger partial charge >= 0.3 is 5.97 Å². The fourth-order valence-corrected chi connectivity index (χ4v) is 3.74. The summed E-state index contributed by atoms with van der Waals surface area (Å²) in [4.78, 5) is 11.6. The maximum absolute atomic E-state index is 11.6. The molecular formula is C32H63BrO13. The van der Waals surface area contributed by atoms with Gasteiger partial charge in [-0.2, -0.15) is 0 Å². The Kier molecular flexibility index (Phi) is 42.1. The lowest BCUT2D eigenvalue weighted by Crippen LogP contribution is -2.15. The van der Waals surface area contributed by atoms with Gasteiger partial charge in [0.05, 0.1) is 145 Å². The average Bonchev–Trinajstić information content (AvgIpc) is 3.06. The summed E-state index contributed by atoms with van der Waals surface area (Å²) in [5.74, 6) is -0.147. The predicted octanol–water partition coefficient (Wildman–Crippen LogP) is 3.47. The van der Waals surface area contributed by atoms with E-state index in [9.17, 15) is 4.79 Å².